The molecule has 1 rings (SSSR count). The van der Waals surface area contributed by atoms with Crippen molar-refractivity contribution >= 4 is 17.6 Å². The third kappa shape index (κ3) is 13.0. The van der Waals surface area contributed by atoms with Crippen LogP contribution in [-0.4, -0.2) is 11.4 Å². The highest BCUT2D eigenvalue weighted by atomic mass is 32.1. The molecule has 0 saturated carbocycles. The summed E-state index contributed by atoms with van der Waals surface area (Å²) in [7, 11) is 1.50. The number of nitrogens with two attached hydrogens (primary N) is 1. The van der Waals surface area contributed by atoms with Gasteiger partial charge < -0.3 is 5.73 Å². The van der Waals surface area contributed by atoms with E-state index in [1.54, 1.807) is 0 Å². The van der Waals surface area contributed by atoms with E-state index in [2.05, 4.69) is 36.8 Å². The molecule has 0 bridgehead atoms. The van der Waals surface area contributed by atoms with Crippen LogP contribution in [0.25, 0.3) is 6.08 Å². The maximum absolute atomic E-state index is 4.50. The fourth-order valence-corrected chi connectivity index (χ4v) is 1.35. The summed E-state index contributed by atoms with van der Waals surface area (Å²) in [6, 6.07) is 0. The number of hydrogen-bond donors (Lipinski definition) is 1. The molecule has 1 heterocycles. The standard InChI is InChI=1S/C7H9NS.2C2H6.C2H4.CH5N/c1-4-7-5(2)6(3)8-9-7;4*1-2/h4H,1H2,2-3H3;2*1-2H3;1-2H2;2H2,1H3. The summed E-state index contributed by atoms with van der Waals surface area (Å²) < 4.78 is 4.16. The number of aromatic nitrogens is 1. The Labute approximate surface area is 112 Å². The summed E-state index contributed by atoms with van der Waals surface area (Å²) in [6.45, 7) is 21.8. The van der Waals surface area contributed by atoms with Crippen LogP contribution in [0.4, 0.5) is 0 Å². The smallest absolute Gasteiger partial charge is 0.0546 e. The van der Waals surface area contributed by atoms with Crippen molar-refractivity contribution in [1.29, 1.82) is 0 Å². The average molecular weight is 258 g/mol. The van der Waals surface area contributed by atoms with Gasteiger partial charge in [-0.2, -0.15) is 4.37 Å². The van der Waals surface area contributed by atoms with E-state index < -0.39 is 0 Å². The second-order valence-electron chi connectivity index (χ2n) is 1.96. The minimum absolute atomic E-state index is 1.12. The quantitative estimate of drug-likeness (QED) is 0.733. The van der Waals surface area contributed by atoms with Crippen molar-refractivity contribution in [3.63, 3.8) is 0 Å². The van der Waals surface area contributed by atoms with Gasteiger partial charge in [-0.1, -0.05) is 40.3 Å². The van der Waals surface area contributed by atoms with Crippen LogP contribution in [0.1, 0.15) is 43.8 Å². The third-order valence-electron chi connectivity index (χ3n) is 1.38. The van der Waals surface area contributed by atoms with E-state index in [9.17, 15) is 0 Å². The molecule has 0 saturated heterocycles. The summed E-state index contributed by atoms with van der Waals surface area (Å²) in [5, 5.41) is 0. The van der Waals surface area contributed by atoms with Crippen LogP contribution in [-0.2, 0) is 0 Å². The molecule has 0 aliphatic carbocycles. The van der Waals surface area contributed by atoms with E-state index in [4.69, 9.17) is 0 Å². The second kappa shape index (κ2) is 24.3. The van der Waals surface area contributed by atoms with Gasteiger partial charge in [-0.15, -0.1) is 13.2 Å². The SMILES string of the molecule is C=C.C=Cc1snc(C)c1C.CC.CC.CN. The maximum atomic E-state index is 4.50. The molecule has 0 atom stereocenters. The molecule has 0 aromatic carbocycles. The van der Waals surface area contributed by atoms with Gasteiger partial charge in [-0.25, -0.2) is 0 Å². The Balaban J connectivity index is -0.0000000905. The normalized spacial score (nSPS) is 6.35. The monoisotopic (exact) mass is 258 g/mol. The van der Waals surface area contributed by atoms with Gasteiger partial charge in [0.15, 0.2) is 0 Å². The van der Waals surface area contributed by atoms with Gasteiger partial charge in [-0.05, 0) is 38.0 Å². The molecule has 1 aromatic heterocycles. The Kier molecular flexibility index (Phi) is 35.9. The maximum Gasteiger partial charge on any atom is 0.0546 e. The molecule has 0 radical (unpaired) electrons. The minimum atomic E-state index is 1.12. The number of aryl methyl sites for hydroxylation is 1. The highest BCUT2D eigenvalue weighted by molar-refractivity contribution is 7.07. The van der Waals surface area contributed by atoms with Crippen molar-refractivity contribution in [2.24, 2.45) is 5.73 Å². The lowest BCUT2D eigenvalue weighted by Crippen LogP contribution is -1.73. The fourth-order valence-electron chi connectivity index (χ4n) is 0.623. The van der Waals surface area contributed by atoms with Crippen molar-refractivity contribution in [3.05, 3.63) is 35.9 Å². The van der Waals surface area contributed by atoms with Gasteiger partial charge in [-0.3, -0.25) is 0 Å². The van der Waals surface area contributed by atoms with Gasteiger partial charge in [0.1, 0.15) is 0 Å². The van der Waals surface area contributed by atoms with Crippen molar-refractivity contribution in [2.45, 2.75) is 41.5 Å². The molecule has 0 aliphatic rings. The van der Waals surface area contributed by atoms with Gasteiger partial charge in [0.05, 0.1) is 10.6 Å². The van der Waals surface area contributed by atoms with Crippen molar-refractivity contribution in [3.8, 4) is 0 Å². The first-order valence-corrected chi connectivity index (χ1v) is 6.66. The molecular formula is C14H30N2S. The molecule has 0 spiro atoms. The first-order valence-electron chi connectivity index (χ1n) is 5.88. The van der Waals surface area contributed by atoms with Crippen LogP contribution in [0, 0.1) is 13.8 Å². The zero-order valence-electron chi connectivity index (χ0n) is 12.6. The molecule has 2 N–H and O–H groups in total. The predicted octanol–water partition coefficient (Wildman–Crippen LogP) is 4.83. The lowest BCUT2D eigenvalue weighted by molar-refractivity contribution is 1.27. The summed E-state index contributed by atoms with van der Waals surface area (Å²) in [5.74, 6) is 0. The van der Waals surface area contributed by atoms with Gasteiger partial charge >= 0.3 is 0 Å². The van der Waals surface area contributed by atoms with Gasteiger partial charge in [0, 0.05) is 0 Å². The van der Waals surface area contributed by atoms with Gasteiger partial charge in [0.25, 0.3) is 0 Å². The Bertz CT molecular complexity index is 242. The fraction of sp³-hybridized carbons (Fsp3) is 0.500. The molecule has 0 fully saturated rings. The molecular weight excluding hydrogens is 228 g/mol. The van der Waals surface area contributed by atoms with E-state index in [0.717, 1.165) is 5.69 Å². The highest BCUT2D eigenvalue weighted by Crippen LogP contribution is 2.17. The third-order valence-corrected chi connectivity index (χ3v) is 2.41. The Morgan fingerprint density at radius 3 is 1.53 bits per heavy atom. The Morgan fingerprint density at radius 2 is 1.41 bits per heavy atom. The summed E-state index contributed by atoms with van der Waals surface area (Å²) in [5.41, 5.74) is 6.88. The van der Waals surface area contributed by atoms with Gasteiger partial charge in [0.2, 0.25) is 0 Å². The molecule has 1 aromatic rings. The van der Waals surface area contributed by atoms with Crippen molar-refractivity contribution < 1.29 is 0 Å². The van der Waals surface area contributed by atoms with Crippen molar-refractivity contribution in [1.82, 2.24) is 4.37 Å². The molecule has 3 heteroatoms. The summed E-state index contributed by atoms with van der Waals surface area (Å²) in [6.07, 6.45) is 1.85. The molecule has 0 amide bonds. The van der Waals surface area contributed by atoms with Crippen LogP contribution >= 0.6 is 11.5 Å². The van der Waals surface area contributed by atoms with Crippen LogP contribution in [0.3, 0.4) is 0 Å². The minimum Gasteiger partial charge on any atom is -0.333 e. The van der Waals surface area contributed by atoms with E-state index in [0.29, 0.717) is 0 Å². The lowest BCUT2D eigenvalue weighted by Gasteiger charge is -1.85. The highest BCUT2D eigenvalue weighted by Gasteiger charge is 1.99. The van der Waals surface area contributed by atoms with Crippen LogP contribution in [0.15, 0.2) is 19.7 Å². The number of nitrogens with zero attached hydrogens (tertiary/aromatic N) is 1. The molecule has 0 unspecified atom stereocenters. The first-order chi connectivity index (χ1) is 8.25. The predicted molar refractivity (Wildman–Crippen MR) is 85.7 cm³/mol. The largest absolute Gasteiger partial charge is 0.333 e. The summed E-state index contributed by atoms with van der Waals surface area (Å²) >= 11 is 1.51. The molecule has 17 heavy (non-hydrogen) atoms. The van der Waals surface area contributed by atoms with Crippen molar-refractivity contribution in [2.75, 3.05) is 7.05 Å². The Hall–Kier alpha value is -0.930. The molecule has 2 nitrogen and oxygen atoms in total. The zero-order chi connectivity index (χ0) is 14.9. The van der Waals surface area contributed by atoms with Crippen LogP contribution in [0.5, 0.6) is 0 Å². The zero-order valence-corrected chi connectivity index (χ0v) is 13.4. The van der Waals surface area contributed by atoms with Crippen LogP contribution in [0.2, 0.25) is 0 Å². The lowest BCUT2D eigenvalue weighted by atomic mass is 10.2. The van der Waals surface area contributed by atoms with E-state index in [1.165, 1.54) is 29.0 Å². The average Bonchev–Trinajstić information content (AvgIpc) is 2.79. The van der Waals surface area contributed by atoms with E-state index in [-0.39, 0.29) is 0 Å². The topological polar surface area (TPSA) is 38.9 Å². The summed E-state index contributed by atoms with van der Waals surface area (Å²) in [4.78, 5) is 1.19. The second-order valence-corrected chi connectivity index (χ2v) is 2.77. The first kappa shape index (κ1) is 25.1. The van der Waals surface area contributed by atoms with E-state index in [1.807, 2.05) is 40.7 Å². The number of hydrogen-bond acceptors (Lipinski definition) is 3. The Morgan fingerprint density at radius 1 is 1.06 bits per heavy atom. The molecule has 0 aliphatic heterocycles. The van der Waals surface area contributed by atoms with Crippen LogP contribution < -0.4 is 5.73 Å². The molecule has 102 valence electrons. The van der Waals surface area contributed by atoms with E-state index >= 15 is 0 Å². The number of rotatable bonds is 1.